The molecule has 0 saturated heterocycles. The van der Waals surface area contributed by atoms with Crippen LogP contribution in [0.4, 0.5) is 5.69 Å². The van der Waals surface area contributed by atoms with Crippen molar-refractivity contribution in [2.45, 2.75) is 45.2 Å². The summed E-state index contributed by atoms with van der Waals surface area (Å²) in [5.74, 6) is -0.344. The fraction of sp³-hybridized carbons (Fsp3) is 0.464. The smallest absolute Gasteiger partial charge is 0.247 e. The minimum Gasteiger partial charge on any atom is -0.492 e. The van der Waals surface area contributed by atoms with Crippen molar-refractivity contribution in [3.63, 3.8) is 0 Å². The van der Waals surface area contributed by atoms with Crippen LogP contribution in [-0.2, 0) is 20.8 Å². The molecule has 0 heterocycles. The lowest BCUT2D eigenvalue weighted by molar-refractivity contribution is -0.128. The molecular formula is C28H44N6O4. The van der Waals surface area contributed by atoms with Crippen LogP contribution in [0.2, 0.25) is 0 Å². The highest BCUT2D eigenvalue weighted by Crippen LogP contribution is 2.26. The quantitative estimate of drug-likeness (QED) is 0.215. The van der Waals surface area contributed by atoms with Crippen molar-refractivity contribution in [3.05, 3.63) is 59.7 Å². The number of aryl methyl sites for hydroxylation is 2. The van der Waals surface area contributed by atoms with E-state index in [2.05, 4.69) is 15.5 Å². The van der Waals surface area contributed by atoms with Gasteiger partial charge in [-0.1, -0.05) is 36.4 Å². The number of carbonyl (C=O) groups excluding carboxylic acids is 3. The number of ether oxygens (including phenoxy) is 1. The van der Waals surface area contributed by atoms with E-state index >= 15 is 0 Å². The maximum atomic E-state index is 13.0. The Morgan fingerprint density at radius 2 is 1.71 bits per heavy atom. The summed E-state index contributed by atoms with van der Waals surface area (Å²) >= 11 is 0. The molecule has 2 rings (SSSR count). The van der Waals surface area contributed by atoms with Crippen LogP contribution in [0.5, 0.6) is 5.75 Å². The first kappa shape index (κ1) is 32.7. The van der Waals surface area contributed by atoms with Gasteiger partial charge in [0.2, 0.25) is 11.8 Å². The Bertz CT molecular complexity index is 967. The number of hydrogen-bond acceptors (Lipinski definition) is 8. The van der Waals surface area contributed by atoms with Crippen molar-refractivity contribution >= 4 is 23.8 Å². The number of rotatable bonds is 15. The van der Waals surface area contributed by atoms with Crippen molar-refractivity contribution in [1.82, 2.24) is 10.2 Å². The number of benzene rings is 2. The molecule has 0 radical (unpaired) electrons. The second-order valence-electron chi connectivity index (χ2n) is 8.90. The third-order valence-corrected chi connectivity index (χ3v) is 5.60. The number of nitrogens with one attached hydrogen (secondary N) is 2. The van der Waals surface area contributed by atoms with Gasteiger partial charge in [0.15, 0.2) is 0 Å². The van der Waals surface area contributed by atoms with Crippen molar-refractivity contribution in [2.24, 2.45) is 17.2 Å². The number of nitrogens with two attached hydrogens (primary N) is 3. The molecule has 0 bridgehead atoms. The van der Waals surface area contributed by atoms with Gasteiger partial charge in [0, 0.05) is 32.6 Å². The number of hydrogen-bond donors (Lipinski definition) is 5. The first-order valence-corrected chi connectivity index (χ1v) is 12.9. The first-order valence-electron chi connectivity index (χ1n) is 12.9. The van der Waals surface area contributed by atoms with E-state index in [4.69, 9.17) is 21.9 Å². The summed E-state index contributed by atoms with van der Waals surface area (Å²) in [4.78, 5) is 38.1. The largest absolute Gasteiger partial charge is 0.492 e. The number of anilines is 1. The zero-order valence-corrected chi connectivity index (χ0v) is 22.8. The van der Waals surface area contributed by atoms with Crippen LogP contribution in [0, 0.1) is 6.92 Å². The monoisotopic (exact) mass is 528 g/mol. The molecular weight excluding hydrogens is 484 g/mol. The normalized spacial score (nSPS) is 12.1. The molecule has 0 fully saturated rings. The van der Waals surface area contributed by atoms with E-state index < -0.39 is 18.0 Å². The molecule has 2 atom stereocenters. The molecule has 0 aliphatic rings. The van der Waals surface area contributed by atoms with E-state index in [1.54, 1.807) is 6.07 Å². The molecule has 0 aliphatic carbocycles. The van der Waals surface area contributed by atoms with Crippen LogP contribution in [0.15, 0.2) is 48.5 Å². The highest BCUT2D eigenvalue weighted by atomic mass is 16.5. The fourth-order valence-electron chi connectivity index (χ4n) is 3.49. The average molecular weight is 529 g/mol. The molecule has 38 heavy (non-hydrogen) atoms. The SMILES string of the molecule is CCOc1cc(C)ccc1NC(=O)C(CCc1ccccc1)NC(=O)C(N)CC=O.CN(CCN)CCN. The van der Waals surface area contributed by atoms with E-state index in [-0.39, 0.29) is 12.3 Å². The molecule has 210 valence electrons. The standard InChI is InChI=1S/C23H29N3O4.C5H15N3/c1-3-30-21-15-16(2)9-11-19(21)25-23(29)20(26-22(28)18(24)13-14-27)12-10-17-7-5-4-6-8-17;1-8(4-2-6)5-3-7/h4-9,11,14-15,18,20H,3,10,12-13,24H2,1-2H3,(H,25,29)(H,26,28);2-7H2,1H3. The lowest BCUT2D eigenvalue weighted by atomic mass is 10.0. The number of nitrogens with zero attached hydrogens (tertiary/aromatic N) is 1. The summed E-state index contributed by atoms with van der Waals surface area (Å²) in [5, 5.41) is 5.53. The highest BCUT2D eigenvalue weighted by Gasteiger charge is 2.24. The van der Waals surface area contributed by atoms with E-state index in [0.717, 1.165) is 37.3 Å². The van der Waals surface area contributed by atoms with Crippen LogP contribution >= 0.6 is 0 Å². The molecule has 0 saturated carbocycles. The van der Waals surface area contributed by atoms with Crippen molar-refractivity contribution in [2.75, 3.05) is 45.2 Å². The Labute approximate surface area is 226 Å². The first-order chi connectivity index (χ1) is 18.2. The van der Waals surface area contributed by atoms with E-state index in [9.17, 15) is 14.4 Å². The topological polar surface area (TPSA) is 166 Å². The second-order valence-corrected chi connectivity index (χ2v) is 8.90. The minimum atomic E-state index is -0.993. The Morgan fingerprint density at radius 1 is 1.05 bits per heavy atom. The summed E-state index contributed by atoms with van der Waals surface area (Å²) < 4.78 is 5.62. The van der Waals surface area contributed by atoms with Crippen molar-refractivity contribution in [3.8, 4) is 5.75 Å². The predicted molar refractivity (Wildman–Crippen MR) is 152 cm³/mol. The second kappa shape index (κ2) is 18.9. The Morgan fingerprint density at radius 3 is 2.29 bits per heavy atom. The molecule has 0 aliphatic heterocycles. The molecule has 8 N–H and O–H groups in total. The van der Waals surface area contributed by atoms with Gasteiger partial charge in [-0.3, -0.25) is 9.59 Å². The lowest BCUT2D eigenvalue weighted by Gasteiger charge is -2.21. The number of amides is 2. The Balaban J connectivity index is 0.000000781. The third kappa shape index (κ3) is 12.8. The Kier molecular flexibility index (Phi) is 16.2. The van der Waals surface area contributed by atoms with Crippen molar-refractivity contribution < 1.29 is 19.1 Å². The predicted octanol–water partition coefficient (Wildman–Crippen LogP) is 1.20. The van der Waals surface area contributed by atoms with Crippen LogP contribution in [0.1, 0.15) is 30.9 Å². The summed E-state index contributed by atoms with van der Waals surface area (Å²) in [5.41, 5.74) is 18.9. The van der Waals surface area contributed by atoms with Crippen LogP contribution in [0.25, 0.3) is 0 Å². The molecule has 2 unspecified atom stereocenters. The van der Waals surface area contributed by atoms with Gasteiger partial charge in [-0.25, -0.2) is 0 Å². The van der Waals surface area contributed by atoms with Gasteiger partial charge in [-0.2, -0.15) is 0 Å². The summed E-state index contributed by atoms with van der Waals surface area (Å²) in [7, 11) is 2.01. The number of aldehydes is 1. The van der Waals surface area contributed by atoms with E-state index in [0.29, 0.717) is 37.2 Å². The fourth-order valence-corrected chi connectivity index (χ4v) is 3.49. The van der Waals surface area contributed by atoms with Gasteiger partial charge < -0.3 is 42.3 Å². The van der Waals surface area contributed by atoms with Crippen LogP contribution in [-0.4, -0.2) is 74.9 Å². The molecule has 2 aromatic carbocycles. The number of likely N-dealkylation sites (N-methyl/N-ethyl adjacent to an activating group) is 1. The molecule has 0 aromatic heterocycles. The Hall–Kier alpha value is -3.31. The molecule has 0 spiro atoms. The van der Waals surface area contributed by atoms with E-state index in [1.807, 2.05) is 63.4 Å². The van der Waals surface area contributed by atoms with Crippen LogP contribution < -0.4 is 32.6 Å². The molecule has 2 aromatic rings. The van der Waals surface area contributed by atoms with Gasteiger partial charge in [0.05, 0.1) is 18.3 Å². The van der Waals surface area contributed by atoms with Crippen LogP contribution in [0.3, 0.4) is 0 Å². The third-order valence-electron chi connectivity index (χ3n) is 5.60. The van der Waals surface area contributed by atoms with Gasteiger partial charge in [0.1, 0.15) is 18.1 Å². The van der Waals surface area contributed by atoms with Gasteiger partial charge in [-0.15, -0.1) is 0 Å². The molecule has 10 heteroatoms. The van der Waals surface area contributed by atoms with E-state index in [1.165, 1.54) is 0 Å². The van der Waals surface area contributed by atoms with Gasteiger partial charge in [0.25, 0.3) is 0 Å². The zero-order chi connectivity index (χ0) is 28.3. The van der Waals surface area contributed by atoms with Gasteiger partial charge >= 0.3 is 0 Å². The summed E-state index contributed by atoms with van der Waals surface area (Å²) in [6.07, 6.45) is 1.45. The molecule has 10 nitrogen and oxygen atoms in total. The summed E-state index contributed by atoms with van der Waals surface area (Å²) in [6.45, 7) is 7.58. The lowest BCUT2D eigenvalue weighted by Crippen LogP contribution is -2.50. The van der Waals surface area contributed by atoms with Crippen molar-refractivity contribution in [1.29, 1.82) is 0 Å². The maximum absolute atomic E-state index is 13.0. The van der Waals surface area contributed by atoms with Gasteiger partial charge in [-0.05, 0) is 57.0 Å². The maximum Gasteiger partial charge on any atom is 0.247 e. The molecule has 2 amide bonds. The highest BCUT2D eigenvalue weighted by molar-refractivity contribution is 5.99. The summed E-state index contributed by atoms with van der Waals surface area (Å²) in [6, 6.07) is 13.4. The average Bonchev–Trinajstić information content (AvgIpc) is 2.89. The zero-order valence-electron chi connectivity index (χ0n) is 22.8. The number of carbonyl (C=O) groups is 3. The minimum absolute atomic E-state index is 0.106.